The summed E-state index contributed by atoms with van der Waals surface area (Å²) < 4.78 is 2.25. The molecule has 0 unspecified atom stereocenters. The number of aromatic nitrogens is 1. The summed E-state index contributed by atoms with van der Waals surface area (Å²) in [5.74, 6) is -0.361. The molecule has 5 nitrogen and oxygen atoms in total. The van der Waals surface area contributed by atoms with Crippen LogP contribution in [0.15, 0.2) is 53.3 Å². The lowest BCUT2D eigenvalue weighted by atomic mass is 10.3. The Hall–Kier alpha value is -2.60. The molecule has 0 aliphatic rings. The van der Waals surface area contributed by atoms with Crippen LogP contribution in [0.3, 0.4) is 0 Å². The SMILES string of the molecule is O=C(Cn1sc2ccccc2c1=O)Nc1ccccc1O. The van der Waals surface area contributed by atoms with Crippen LogP contribution in [0.25, 0.3) is 10.1 Å². The van der Waals surface area contributed by atoms with Crippen molar-refractivity contribution in [2.24, 2.45) is 0 Å². The number of amides is 1. The zero-order chi connectivity index (χ0) is 14.8. The first-order valence-corrected chi connectivity index (χ1v) is 7.09. The van der Waals surface area contributed by atoms with Gasteiger partial charge in [-0.1, -0.05) is 35.8 Å². The Kier molecular flexibility index (Phi) is 3.45. The number of para-hydroxylation sites is 2. The molecule has 0 bridgehead atoms. The molecular weight excluding hydrogens is 288 g/mol. The Labute approximate surface area is 124 Å². The molecule has 0 atom stereocenters. The third-order valence-corrected chi connectivity index (χ3v) is 4.09. The van der Waals surface area contributed by atoms with Gasteiger partial charge in [-0.3, -0.25) is 13.5 Å². The van der Waals surface area contributed by atoms with Gasteiger partial charge < -0.3 is 10.4 Å². The lowest BCUT2D eigenvalue weighted by Gasteiger charge is -2.06. The average Bonchev–Trinajstić information content (AvgIpc) is 2.78. The van der Waals surface area contributed by atoms with Crippen LogP contribution < -0.4 is 10.9 Å². The lowest BCUT2D eigenvalue weighted by molar-refractivity contribution is -0.116. The Morgan fingerprint density at radius 3 is 2.62 bits per heavy atom. The van der Waals surface area contributed by atoms with E-state index in [-0.39, 0.29) is 23.8 Å². The first-order chi connectivity index (χ1) is 10.1. The van der Waals surface area contributed by atoms with Gasteiger partial charge in [-0.25, -0.2) is 0 Å². The molecule has 0 saturated heterocycles. The molecule has 2 aromatic carbocycles. The minimum atomic E-state index is -0.356. The Morgan fingerprint density at radius 2 is 1.86 bits per heavy atom. The summed E-state index contributed by atoms with van der Waals surface area (Å²) in [5.41, 5.74) is 0.152. The van der Waals surface area contributed by atoms with Crippen LogP contribution in [-0.2, 0) is 11.3 Å². The van der Waals surface area contributed by atoms with Gasteiger partial charge in [0, 0.05) is 0 Å². The summed E-state index contributed by atoms with van der Waals surface area (Å²) in [4.78, 5) is 24.1. The van der Waals surface area contributed by atoms with E-state index in [0.717, 1.165) is 4.70 Å². The van der Waals surface area contributed by atoms with Crippen molar-refractivity contribution in [2.75, 3.05) is 5.32 Å². The molecule has 0 radical (unpaired) electrons. The fraction of sp³-hybridized carbons (Fsp3) is 0.0667. The molecule has 0 spiro atoms. The number of carbonyl (C=O) groups excluding carboxylic acids is 1. The first kappa shape index (κ1) is 13.4. The van der Waals surface area contributed by atoms with Gasteiger partial charge in [0.2, 0.25) is 5.91 Å². The van der Waals surface area contributed by atoms with Gasteiger partial charge in [-0.05, 0) is 24.3 Å². The maximum absolute atomic E-state index is 12.1. The largest absolute Gasteiger partial charge is 0.506 e. The van der Waals surface area contributed by atoms with Crippen molar-refractivity contribution in [1.29, 1.82) is 0 Å². The van der Waals surface area contributed by atoms with Gasteiger partial charge in [-0.2, -0.15) is 0 Å². The standard InChI is InChI=1S/C15H12N2O3S/c18-12-7-3-2-6-11(12)16-14(19)9-17-15(20)10-5-1-4-8-13(10)21-17/h1-8,18H,9H2,(H,16,19). The van der Waals surface area contributed by atoms with Crippen molar-refractivity contribution in [3.8, 4) is 5.75 Å². The van der Waals surface area contributed by atoms with Crippen LogP contribution in [-0.4, -0.2) is 15.0 Å². The van der Waals surface area contributed by atoms with E-state index >= 15 is 0 Å². The lowest BCUT2D eigenvalue weighted by Crippen LogP contribution is -2.23. The Balaban J connectivity index is 1.82. The summed E-state index contributed by atoms with van der Waals surface area (Å²) in [7, 11) is 0. The van der Waals surface area contributed by atoms with E-state index in [0.29, 0.717) is 11.1 Å². The van der Waals surface area contributed by atoms with Gasteiger partial charge in [-0.15, -0.1) is 0 Å². The van der Waals surface area contributed by atoms with Gasteiger partial charge in [0.1, 0.15) is 12.3 Å². The number of nitrogens with one attached hydrogen (secondary N) is 1. The summed E-state index contributed by atoms with van der Waals surface area (Å²) in [5, 5.41) is 12.8. The van der Waals surface area contributed by atoms with Crippen molar-refractivity contribution in [3.05, 3.63) is 58.9 Å². The topological polar surface area (TPSA) is 71.3 Å². The molecule has 0 aliphatic heterocycles. The molecule has 1 amide bonds. The molecule has 6 heteroatoms. The molecule has 0 aliphatic carbocycles. The van der Waals surface area contributed by atoms with E-state index in [2.05, 4.69) is 5.32 Å². The third kappa shape index (κ3) is 2.66. The molecule has 1 heterocycles. The molecule has 1 aromatic heterocycles. The number of benzene rings is 2. The number of aromatic hydroxyl groups is 1. The van der Waals surface area contributed by atoms with Crippen LogP contribution in [0.1, 0.15) is 0 Å². The number of anilines is 1. The summed E-state index contributed by atoms with van der Waals surface area (Å²) in [6.07, 6.45) is 0. The van der Waals surface area contributed by atoms with E-state index in [1.54, 1.807) is 30.3 Å². The minimum absolute atomic E-state index is 0.00506. The third-order valence-electron chi connectivity index (χ3n) is 3.02. The fourth-order valence-electron chi connectivity index (χ4n) is 2.02. The van der Waals surface area contributed by atoms with Crippen molar-refractivity contribution >= 4 is 33.2 Å². The van der Waals surface area contributed by atoms with Gasteiger partial charge in [0.25, 0.3) is 5.56 Å². The molecule has 0 saturated carbocycles. The second kappa shape index (κ2) is 5.41. The monoisotopic (exact) mass is 300 g/mol. The summed E-state index contributed by atoms with van der Waals surface area (Å²) in [6.45, 7) is -0.0769. The molecule has 106 valence electrons. The Morgan fingerprint density at radius 1 is 1.14 bits per heavy atom. The number of fused-ring (bicyclic) bond motifs is 1. The predicted molar refractivity (Wildman–Crippen MR) is 82.8 cm³/mol. The second-order valence-corrected chi connectivity index (χ2v) is 5.56. The van der Waals surface area contributed by atoms with E-state index < -0.39 is 0 Å². The number of rotatable bonds is 3. The molecule has 3 rings (SSSR count). The fourth-order valence-corrected chi connectivity index (χ4v) is 3.01. The highest BCUT2D eigenvalue weighted by molar-refractivity contribution is 7.13. The second-order valence-electron chi connectivity index (χ2n) is 4.49. The smallest absolute Gasteiger partial charge is 0.268 e. The zero-order valence-corrected chi connectivity index (χ0v) is 11.8. The van der Waals surface area contributed by atoms with E-state index in [1.165, 1.54) is 21.6 Å². The Bertz CT molecular complexity index is 866. The number of phenolic OH excluding ortho intramolecular Hbond substituents is 1. The van der Waals surface area contributed by atoms with Crippen molar-refractivity contribution in [3.63, 3.8) is 0 Å². The van der Waals surface area contributed by atoms with Crippen molar-refractivity contribution in [1.82, 2.24) is 3.96 Å². The first-order valence-electron chi connectivity index (χ1n) is 6.32. The minimum Gasteiger partial charge on any atom is -0.506 e. The number of hydrogen-bond donors (Lipinski definition) is 2. The van der Waals surface area contributed by atoms with Crippen LogP contribution in [0.4, 0.5) is 5.69 Å². The average molecular weight is 300 g/mol. The number of carbonyl (C=O) groups is 1. The zero-order valence-electron chi connectivity index (χ0n) is 10.9. The normalized spacial score (nSPS) is 10.7. The number of hydrogen-bond acceptors (Lipinski definition) is 4. The molecule has 3 aromatic rings. The molecule has 0 fully saturated rings. The van der Waals surface area contributed by atoms with E-state index in [4.69, 9.17) is 0 Å². The predicted octanol–water partition coefficient (Wildman–Crippen LogP) is 2.41. The highest BCUT2D eigenvalue weighted by atomic mass is 32.1. The van der Waals surface area contributed by atoms with E-state index in [1.807, 2.05) is 12.1 Å². The maximum atomic E-state index is 12.1. The summed E-state index contributed by atoms with van der Waals surface area (Å²) >= 11 is 1.25. The maximum Gasteiger partial charge on any atom is 0.268 e. The van der Waals surface area contributed by atoms with Gasteiger partial charge in [0.05, 0.1) is 15.8 Å². The van der Waals surface area contributed by atoms with Crippen molar-refractivity contribution in [2.45, 2.75) is 6.54 Å². The highest BCUT2D eigenvalue weighted by Crippen LogP contribution is 2.21. The number of nitrogens with zero attached hydrogens (tertiary/aromatic N) is 1. The number of phenols is 1. The quantitative estimate of drug-likeness (QED) is 0.730. The molecular formula is C15H12N2O3S. The van der Waals surface area contributed by atoms with Gasteiger partial charge >= 0.3 is 0 Å². The van der Waals surface area contributed by atoms with Crippen LogP contribution in [0, 0.1) is 0 Å². The molecule has 2 N–H and O–H groups in total. The highest BCUT2D eigenvalue weighted by Gasteiger charge is 2.11. The van der Waals surface area contributed by atoms with Crippen molar-refractivity contribution < 1.29 is 9.90 Å². The van der Waals surface area contributed by atoms with Crippen LogP contribution >= 0.6 is 11.5 Å². The van der Waals surface area contributed by atoms with Crippen LogP contribution in [0.5, 0.6) is 5.75 Å². The van der Waals surface area contributed by atoms with E-state index in [9.17, 15) is 14.7 Å². The van der Waals surface area contributed by atoms with Gasteiger partial charge in [0.15, 0.2) is 0 Å². The molecule has 21 heavy (non-hydrogen) atoms. The summed E-state index contributed by atoms with van der Waals surface area (Å²) in [6, 6.07) is 13.7. The van der Waals surface area contributed by atoms with Crippen LogP contribution in [0.2, 0.25) is 0 Å².